The molecule has 6 nitrogen and oxygen atoms in total. The molecular weight excluding hydrogens is 244 g/mol. The van der Waals surface area contributed by atoms with Crippen LogP contribution in [0.3, 0.4) is 0 Å². The van der Waals surface area contributed by atoms with Crippen molar-refractivity contribution >= 4 is 17.4 Å². The maximum Gasteiger partial charge on any atom is 0.489 e. The Kier molecular flexibility index (Phi) is 7.60. The molecule has 8 heteroatoms. The molecule has 0 aromatic carbocycles. The molecule has 0 aromatic heterocycles. The lowest BCUT2D eigenvalue weighted by Gasteiger charge is -2.28. The number of rotatable bonds is 9. The number of nitrogens with two attached hydrogens (primary N) is 1. The highest BCUT2D eigenvalue weighted by atomic mass is 28.5. The molecule has 0 fully saturated rings. The van der Waals surface area contributed by atoms with E-state index in [0.717, 1.165) is 19.5 Å². The molecule has 0 saturated carbocycles. The smallest absolute Gasteiger partial charge is 0.411 e. The first-order valence-electron chi connectivity index (χ1n) is 5.44. The van der Waals surface area contributed by atoms with Gasteiger partial charge in [-0.05, 0) is 26.1 Å². The normalized spacial score (nSPS) is 16.1. The van der Waals surface area contributed by atoms with Crippen molar-refractivity contribution in [2.45, 2.75) is 25.6 Å². The summed E-state index contributed by atoms with van der Waals surface area (Å²) in [5.41, 5.74) is 5.33. The van der Waals surface area contributed by atoms with Gasteiger partial charge in [0.2, 0.25) is 0 Å². The molecule has 1 unspecified atom stereocenters. The second kappa shape index (κ2) is 7.51. The summed E-state index contributed by atoms with van der Waals surface area (Å²) in [5.74, 6) is 0. The summed E-state index contributed by atoms with van der Waals surface area (Å²) in [7, 11) is -4.50. The van der Waals surface area contributed by atoms with E-state index >= 15 is 0 Å². The van der Waals surface area contributed by atoms with Crippen molar-refractivity contribution in [1.82, 2.24) is 5.32 Å². The quantitative estimate of drug-likeness (QED) is 0.323. The molecule has 0 aliphatic rings. The zero-order valence-electron chi connectivity index (χ0n) is 10.3. The SMILES string of the molecule is CO[Si](O)(CCCNCCN)O[Si](C)(C)O. The van der Waals surface area contributed by atoms with Crippen LogP contribution in [-0.2, 0) is 8.54 Å². The molecule has 5 N–H and O–H groups in total. The third-order valence-electron chi connectivity index (χ3n) is 1.90. The topological polar surface area (TPSA) is 97.0 Å². The van der Waals surface area contributed by atoms with E-state index in [0.29, 0.717) is 12.6 Å². The van der Waals surface area contributed by atoms with Gasteiger partial charge in [-0.3, -0.25) is 0 Å². The summed E-state index contributed by atoms with van der Waals surface area (Å²) in [5, 5.41) is 3.12. The second-order valence-corrected chi connectivity index (χ2v) is 10.2. The number of hydrogen-bond donors (Lipinski definition) is 4. The highest BCUT2D eigenvalue weighted by molar-refractivity contribution is 6.75. The van der Waals surface area contributed by atoms with Crippen LogP contribution in [0.2, 0.25) is 19.1 Å². The molecule has 1 atom stereocenters. The predicted octanol–water partition coefficient (Wildman–Crippen LogP) is -0.787. The summed E-state index contributed by atoms with van der Waals surface area (Å²) < 4.78 is 10.3. The summed E-state index contributed by atoms with van der Waals surface area (Å²) in [6.07, 6.45) is 0.737. The van der Waals surface area contributed by atoms with Gasteiger partial charge in [0, 0.05) is 26.2 Å². The molecule has 0 rings (SSSR count). The summed E-state index contributed by atoms with van der Waals surface area (Å²) >= 11 is 0. The lowest BCUT2D eigenvalue weighted by atomic mass is 10.5. The fourth-order valence-corrected chi connectivity index (χ4v) is 5.94. The van der Waals surface area contributed by atoms with E-state index in [1.807, 2.05) is 0 Å². The molecule has 98 valence electrons. The lowest BCUT2D eigenvalue weighted by Crippen LogP contribution is -2.51. The Balaban J connectivity index is 3.88. The third kappa shape index (κ3) is 8.36. The van der Waals surface area contributed by atoms with E-state index in [-0.39, 0.29) is 0 Å². The highest BCUT2D eigenvalue weighted by Crippen LogP contribution is 2.16. The Morgan fingerprint density at radius 2 is 1.88 bits per heavy atom. The van der Waals surface area contributed by atoms with Crippen molar-refractivity contribution in [2.75, 3.05) is 26.7 Å². The van der Waals surface area contributed by atoms with Crippen LogP contribution in [0, 0.1) is 0 Å². The molecular formula is C8H24N2O4Si2. The van der Waals surface area contributed by atoms with Crippen molar-refractivity contribution < 1.29 is 18.1 Å². The van der Waals surface area contributed by atoms with Crippen LogP contribution in [-0.4, -0.2) is 53.7 Å². The molecule has 16 heavy (non-hydrogen) atoms. The molecule has 0 radical (unpaired) electrons. The van der Waals surface area contributed by atoms with Gasteiger partial charge in [0.15, 0.2) is 0 Å². The molecule has 0 saturated heterocycles. The average molecular weight is 268 g/mol. The van der Waals surface area contributed by atoms with Gasteiger partial charge in [0.05, 0.1) is 0 Å². The van der Waals surface area contributed by atoms with Gasteiger partial charge >= 0.3 is 17.4 Å². The standard InChI is InChI=1S/C8H24N2O4Si2/c1-13-16(12,14-15(2,3)11)8-4-6-10-7-5-9/h10-12H,4-9H2,1-3H3. The molecule has 0 spiro atoms. The minimum absolute atomic E-state index is 0.443. The van der Waals surface area contributed by atoms with Crippen molar-refractivity contribution in [2.24, 2.45) is 5.73 Å². The Morgan fingerprint density at radius 1 is 1.25 bits per heavy atom. The van der Waals surface area contributed by atoms with Gasteiger partial charge in [-0.15, -0.1) is 0 Å². The zero-order valence-corrected chi connectivity index (χ0v) is 12.3. The summed E-state index contributed by atoms with van der Waals surface area (Å²) in [4.78, 5) is 19.6. The third-order valence-corrected chi connectivity index (χ3v) is 6.79. The van der Waals surface area contributed by atoms with Crippen LogP contribution >= 0.6 is 0 Å². The fraction of sp³-hybridized carbons (Fsp3) is 1.00. The van der Waals surface area contributed by atoms with Crippen LogP contribution in [0.15, 0.2) is 0 Å². The van der Waals surface area contributed by atoms with Crippen LogP contribution in [0.5, 0.6) is 0 Å². The van der Waals surface area contributed by atoms with Gasteiger partial charge < -0.3 is 29.2 Å². The number of hydrogen-bond acceptors (Lipinski definition) is 6. The van der Waals surface area contributed by atoms with Crippen molar-refractivity contribution in [3.8, 4) is 0 Å². The molecule has 0 heterocycles. The molecule has 0 aromatic rings. The summed E-state index contributed by atoms with van der Waals surface area (Å²) in [6, 6.07) is 0.443. The minimum Gasteiger partial charge on any atom is -0.411 e. The van der Waals surface area contributed by atoms with Crippen molar-refractivity contribution in [3.63, 3.8) is 0 Å². The van der Waals surface area contributed by atoms with E-state index in [1.54, 1.807) is 13.1 Å². The summed E-state index contributed by atoms with van der Waals surface area (Å²) in [6.45, 7) is 5.33. The Labute approximate surface area is 99.4 Å². The van der Waals surface area contributed by atoms with Gasteiger partial charge in [-0.2, -0.15) is 0 Å². The minimum atomic E-state index is -3.18. The Bertz CT molecular complexity index is 191. The van der Waals surface area contributed by atoms with Gasteiger partial charge in [-0.1, -0.05) is 0 Å². The predicted molar refractivity (Wildman–Crippen MR) is 67.1 cm³/mol. The van der Waals surface area contributed by atoms with E-state index in [4.69, 9.17) is 14.3 Å². The lowest BCUT2D eigenvalue weighted by molar-refractivity contribution is 0.173. The zero-order chi connectivity index (χ0) is 12.7. The highest BCUT2D eigenvalue weighted by Gasteiger charge is 2.41. The van der Waals surface area contributed by atoms with Gasteiger partial charge in [0.1, 0.15) is 0 Å². The van der Waals surface area contributed by atoms with E-state index in [1.165, 1.54) is 7.11 Å². The molecule has 0 amide bonds. The Hall–Kier alpha value is 0.194. The average Bonchev–Trinajstić information content (AvgIpc) is 2.15. The van der Waals surface area contributed by atoms with Crippen LogP contribution in [0.1, 0.15) is 6.42 Å². The van der Waals surface area contributed by atoms with Gasteiger partial charge in [-0.25, -0.2) is 0 Å². The largest absolute Gasteiger partial charge is 0.489 e. The Morgan fingerprint density at radius 3 is 2.31 bits per heavy atom. The van der Waals surface area contributed by atoms with E-state index in [9.17, 15) is 9.59 Å². The van der Waals surface area contributed by atoms with E-state index < -0.39 is 17.4 Å². The second-order valence-electron chi connectivity index (χ2n) is 4.11. The molecule has 0 aliphatic carbocycles. The fourth-order valence-electron chi connectivity index (χ4n) is 1.25. The monoisotopic (exact) mass is 268 g/mol. The first-order chi connectivity index (χ1) is 7.33. The number of nitrogens with one attached hydrogen (secondary N) is 1. The van der Waals surface area contributed by atoms with Crippen LogP contribution in [0.4, 0.5) is 0 Å². The molecule has 0 bridgehead atoms. The van der Waals surface area contributed by atoms with Gasteiger partial charge in [0.25, 0.3) is 0 Å². The van der Waals surface area contributed by atoms with Crippen molar-refractivity contribution in [1.29, 1.82) is 0 Å². The molecule has 0 aliphatic heterocycles. The van der Waals surface area contributed by atoms with Crippen LogP contribution in [0.25, 0.3) is 0 Å². The maximum atomic E-state index is 10.0. The van der Waals surface area contributed by atoms with E-state index in [2.05, 4.69) is 5.32 Å². The first kappa shape index (κ1) is 16.2. The maximum absolute atomic E-state index is 10.0. The van der Waals surface area contributed by atoms with Crippen LogP contribution < -0.4 is 11.1 Å². The van der Waals surface area contributed by atoms with Crippen molar-refractivity contribution in [3.05, 3.63) is 0 Å². The first-order valence-corrected chi connectivity index (χ1v) is 10.3.